The summed E-state index contributed by atoms with van der Waals surface area (Å²) >= 11 is 0. The van der Waals surface area contributed by atoms with Crippen molar-refractivity contribution in [1.82, 2.24) is 10.6 Å². The molecule has 0 bridgehead atoms. The van der Waals surface area contributed by atoms with E-state index >= 15 is 0 Å². The lowest BCUT2D eigenvalue weighted by molar-refractivity contribution is -0.123. The minimum Gasteiger partial charge on any atom is -0.383 e. The molecule has 0 radical (unpaired) electrons. The fourth-order valence-electron chi connectivity index (χ4n) is 1.87. The molecule has 2 unspecified atom stereocenters. The van der Waals surface area contributed by atoms with E-state index in [1.165, 1.54) is 0 Å². The number of nitrogens with one attached hydrogen (secondary N) is 2. The summed E-state index contributed by atoms with van der Waals surface area (Å²) in [5.41, 5.74) is 1.12. The Hall–Kier alpha value is -1.39. The summed E-state index contributed by atoms with van der Waals surface area (Å²) in [6.07, 6.45) is 0.943. The lowest BCUT2D eigenvalue weighted by Crippen LogP contribution is -2.44. The van der Waals surface area contributed by atoms with Crippen LogP contribution in [0.15, 0.2) is 30.3 Å². The van der Waals surface area contributed by atoms with Crippen molar-refractivity contribution in [2.24, 2.45) is 0 Å². The van der Waals surface area contributed by atoms with Gasteiger partial charge in [-0.3, -0.25) is 10.1 Å². The number of amides is 1. The molecule has 1 amide bonds. The number of rotatable bonds is 8. The quantitative estimate of drug-likeness (QED) is 0.754. The SMILES string of the molecule is CCCNC(=O)C(C)NC(COC)c1ccccc1. The smallest absolute Gasteiger partial charge is 0.236 e. The number of benzene rings is 1. The fourth-order valence-corrected chi connectivity index (χ4v) is 1.87. The first-order valence-corrected chi connectivity index (χ1v) is 6.76. The van der Waals surface area contributed by atoms with Gasteiger partial charge in [-0.1, -0.05) is 37.3 Å². The Kier molecular flexibility index (Phi) is 7.15. The van der Waals surface area contributed by atoms with Crippen molar-refractivity contribution in [1.29, 1.82) is 0 Å². The summed E-state index contributed by atoms with van der Waals surface area (Å²) in [6.45, 7) is 5.16. The van der Waals surface area contributed by atoms with E-state index in [1.54, 1.807) is 7.11 Å². The Labute approximate surface area is 115 Å². The molecule has 1 aromatic rings. The highest BCUT2D eigenvalue weighted by Gasteiger charge is 2.18. The predicted octanol–water partition coefficient (Wildman–Crippen LogP) is 1.88. The van der Waals surface area contributed by atoms with Gasteiger partial charge in [0.2, 0.25) is 5.91 Å². The highest BCUT2D eigenvalue weighted by molar-refractivity contribution is 5.81. The van der Waals surface area contributed by atoms with Crippen LogP contribution in [0.1, 0.15) is 31.9 Å². The highest BCUT2D eigenvalue weighted by atomic mass is 16.5. The van der Waals surface area contributed by atoms with E-state index < -0.39 is 0 Å². The highest BCUT2D eigenvalue weighted by Crippen LogP contribution is 2.13. The average Bonchev–Trinajstić information content (AvgIpc) is 2.45. The molecule has 4 nitrogen and oxygen atoms in total. The standard InChI is InChI=1S/C15H24N2O2/c1-4-10-16-15(18)12(2)17-14(11-19-3)13-8-6-5-7-9-13/h5-9,12,14,17H,4,10-11H2,1-3H3,(H,16,18). The first kappa shape index (κ1) is 15.7. The molecule has 0 aliphatic heterocycles. The molecule has 0 spiro atoms. The first-order valence-electron chi connectivity index (χ1n) is 6.76. The Morgan fingerprint density at radius 1 is 1.32 bits per heavy atom. The van der Waals surface area contributed by atoms with Crippen LogP contribution in [-0.4, -0.2) is 32.2 Å². The van der Waals surface area contributed by atoms with Gasteiger partial charge in [0.25, 0.3) is 0 Å². The van der Waals surface area contributed by atoms with Crippen molar-refractivity contribution in [3.05, 3.63) is 35.9 Å². The molecule has 0 heterocycles. The second kappa shape index (κ2) is 8.67. The summed E-state index contributed by atoms with van der Waals surface area (Å²) < 4.78 is 5.23. The van der Waals surface area contributed by atoms with E-state index in [4.69, 9.17) is 4.74 Å². The number of carbonyl (C=O) groups excluding carboxylic acids is 1. The topological polar surface area (TPSA) is 50.4 Å². The van der Waals surface area contributed by atoms with Gasteiger partial charge >= 0.3 is 0 Å². The second-order valence-electron chi connectivity index (χ2n) is 4.60. The zero-order valence-corrected chi connectivity index (χ0v) is 12.0. The summed E-state index contributed by atoms with van der Waals surface area (Å²) in [5.74, 6) is 0.0267. The van der Waals surface area contributed by atoms with Crippen molar-refractivity contribution >= 4 is 5.91 Å². The van der Waals surface area contributed by atoms with Crippen LogP contribution in [0.3, 0.4) is 0 Å². The number of hydrogen-bond acceptors (Lipinski definition) is 3. The molecule has 4 heteroatoms. The normalized spacial score (nSPS) is 13.8. The molecule has 19 heavy (non-hydrogen) atoms. The molecule has 0 aliphatic carbocycles. The van der Waals surface area contributed by atoms with Crippen molar-refractivity contribution < 1.29 is 9.53 Å². The third-order valence-electron chi connectivity index (χ3n) is 2.93. The monoisotopic (exact) mass is 264 g/mol. The zero-order chi connectivity index (χ0) is 14.1. The molecule has 0 saturated carbocycles. The van der Waals surface area contributed by atoms with Crippen LogP contribution in [0.4, 0.5) is 0 Å². The van der Waals surface area contributed by atoms with Gasteiger partial charge in [-0.15, -0.1) is 0 Å². The summed E-state index contributed by atoms with van der Waals surface area (Å²) in [4.78, 5) is 11.9. The van der Waals surface area contributed by atoms with E-state index in [9.17, 15) is 4.79 Å². The Morgan fingerprint density at radius 3 is 2.58 bits per heavy atom. The van der Waals surface area contributed by atoms with Crippen LogP contribution in [0.2, 0.25) is 0 Å². The molecule has 0 saturated heterocycles. The van der Waals surface area contributed by atoms with Crippen LogP contribution in [0.25, 0.3) is 0 Å². The van der Waals surface area contributed by atoms with Crippen LogP contribution >= 0.6 is 0 Å². The van der Waals surface area contributed by atoms with Crippen molar-refractivity contribution in [3.8, 4) is 0 Å². The number of ether oxygens (including phenoxy) is 1. The zero-order valence-electron chi connectivity index (χ0n) is 12.0. The van der Waals surface area contributed by atoms with E-state index in [0.29, 0.717) is 13.2 Å². The molecular formula is C15H24N2O2. The second-order valence-corrected chi connectivity index (χ2v) is 4.60. The summed E-state index contributed by atoms with van der Waals surface area (Å²) in [5, 5.41) is 6.19. The molecule has 1 rings (SSSR count). The van der Waals surface area contributed by atoms with Gasteiger partial charge in [-0.25, -0.2) is 0 Å². The van der Waals surface area contributed by atoms with Crippen LogP contribution < -0.4 is 10.6 Å². The molecule has 2 atom stereocenters. The van der Waals surface area contributed by atoms with Gasteiger partial charge in [0.1, 0.15) is 0 Å². The molecule has 0 fully saturated rings. The lowest BCUT2D eigenvalue weighted by atomic mass is 10.1. The maximum absolute atomic E-state index is 11.9. The number of hydrogen-bond donors (Lipinski definition) is 2. The van der Waals surface area contributed by atoms with E-state index in [2.05, 4.69) is 10.6 Å². The van der Waals surface area contributed by atoms with Gasteiger partial charge in [0.15, 0.2) is 0 Å². The third kappa shape index (κ3) is 5.41. The van der Waals surface area contributed by atoms with Crippen molar-refractivity contribution in [2.75, 3.05) is 20.3 Å². The maximum Gasteiger partial charge on any atom is 0.236 e. The van der Waals surface area contributed by atoms with Crippen molar-refractivity contribution in [2.45, 2.75) is 32.4 Å². The lowest BCUT2D eigenvalue weighted by Gasteiger charge is -2.22. The van der Waals surface area contributed by atoms with E-state index in [0.717, 1.165) is 12.0 Å². The van der Waals surface area contributed by atoms with Crippen LogP contribution in [-0.2, 0) is 9.53 Å². The van der Waals surface area contributed by atoms with E-state index in [-0.39, 0.29) is 18.0 Å². The average molecular weight is 264 g/mol. The molecule has 0 aliphatic rings. The van der Waals surface area contributed by atoms with E-state index in [1.807, 2.05) is 44.2 Å². The summed E-state index contributed by atoms with van der Waals surface area (Å²) in [7, 11) is 1.67. The molecule has 106 valence electrons. The molecule has 0 aromatic heterocycles. The Bertz CT molecular complexity index is 368. The van der Waals surface area contributed by atoms with Gasteiger partial charge in [0.05, 0.1) is 18.7 Å². The molecular weight excluding hydrogens is 240 g/mol. The minimum atomic E-state index is -0.244. The third-order valence-corrected chi connectivity index (χ3v) is 2.93. The summed E-state index contributed by atoms with van der Waals surface area (Å²) in [6, 6.07) is 9.80. The van der Waals surface area contributed by atoms with Crippen LogP contribution in [0.5, 0.6) is 0 Å². The first-order chi connectivity index (χ1) is 9.19. The largest absolute Gasteiger partial charge is 0.383 e. The van der Waals surface area contributed by atoms with Gasteiger partial charge in [0, 0.05) is 13.7 Å². The van der Waals surface area contributed by atoms with Crippen LogP contribution in [0, 0.1) is 0 Å². The van der Waals surface area contributed by atoms with Gasteiger partial charge < -0.3 is 10.1 Å². The predicted molar refractivity (Wildman–Crippen MR) is 77.0 cm³/mol. The number of methoxy groups -OCH3 is 1. The Balaban J connectivity index is 2.61. The molecule has 2 N–H and O–H groups in total. The minimum absolute atomic E-state index is 0.0218. The number of carbonyl (C=O) groups is 1. The fraction of sp³-hybridized carbons (Fsp3) is 0.533. The van der Waals surface area contributed by atoms with Crippen molar-refractivity contribution in [3.63, 3.8) is 0 Å². The van der Waals surface area contributed by atoms with Gasteiger partial charge in [-0.2, -0.15) is 0 Å². The maximum atomic E-state index is 11.9. The Morgan fingerprint density at radius 2 is 2.00 bits per heavy atom. The molecule has 1 aromatic carbocycles. The van der Waals surface area contributed by atoms with Gasteiger partial charge in [-0.05, 0) is 18.9 Å².